The van der Waals surface area contributed by atoms with E-state index < -0.39 is 0 Å². The Bertz CT molecular complexity index is 320. The largest absolute Gasteiger partial charge is 0.381 e. The standard InChI is InChI=1S/C12H19N3O/c1-9-14-7-11(8-15-9)12(6-13)10-2-4-16-5-3-10/h7-8,10,12H,2-6,13H2,1H3/t12-/m0/s1. The zero-order chi connectivity index (χ0) is 11.4. The van der Waals surface area contributed by atoms with Crippen LogP contribution in [0.15, 0.2) is 12.4 Å². The lowest BCUT2D eigenvalue weighted by molar-refractivity contribution is 0.0585. The number of hydrogen-bond acceptors (Lipinski definition) is 4. The first-order chi connectivity index (χ1) is 7.81. The van der Waals surface area contributed by atoms with Crippen LogP contribution < -0.4 is 5.73 Å². The van der Waals surface area contributed by atoms with Crippen molar-refractivity contribution in [3.05, 3.63) is 23.8 Å². The zero-order valence-electron chi connectivity index (χ0n) is 9.72. The second-order valence-corrected chi connectivity index (χ2v) is 4.36. The third kappa shape index (κ3) is 2.57. The molecule has 1 atom stereocenters. The summed E-state index contributed by atoms with van der Waals surface area (Å²) in [6.45, 7) is 4.27. The average molecular weight is 221 g/mol. The van der Waals surface area contributed by atoms with Gasteiger partial charge in [0.25, 0.3) is 0 Å². The van der Waals surface area contributed by atoms with Crippen molar-refractivity contribution in [2.45, 2.75) is 25.7 Å². The van der Waals surface area contributed by atoms with Gasteiger partial charge in [-0.05, 0) is 37.8 Å². The molecule has 2 N–H and O–H groups in total. The number of rotatable bonds is 3. The Kier molecular flexibility index (Phi) is 3.85. The molecule has 0 aromatic carbocycles. The van der Waals surface area contributed by atoms with Gasteiger partial charge in [0.15, 0.2) is 0 Å². The van der Waals surface area contributed by atoms with Crippen LogP contribution in [0.3, 0.4) is 0 Å². The maximum atomic E-state index is 5.88. The molecule has 1 aromatic heterocycles. The predicted octanol–water partition coefficient (Wildman–Crippen LogP) is 1.25. The summed E-state index contributed by atoms with van der Waals surface area (Å²) in [5, 5.41) is 0. The normalized spacial score (nSPS) is 19.6. The summed E-state index contributed by atoms with van der Waals surface area (Å²) in [6, 6.07) is 0. The second-order valence-electron chi connectivity index (χ2n) is 4.36. The van der Waals surface area contributed by atoms with Gasteiger partial charge in [0.05, 0.1) is 0 Å². The Labute approximate surface area is 96.2 Å². The fraction of sp³-hybridized carbons (Fsp3) is 0.667. The van der Waals surface area contributed by atoms with Gasteiger partial charge in [-0.15, -0.1) is 0 Å². The average Bonchev–Trinajstić information content (AvgIpc) is 2.34. The maximum Gasteiger partial charge on any atom is 0.125 e. The van der Waals surface area contributed by atoms with Gasteiger partial charge in [-0.25, -0.2) is 9.97 Å². The monoisotopic (exact) mass is 221 g/mol. The van der Waals surface area contributed by atoms with Gasteiger partial charge < -0.3 is 10.5 Å². The second kappa shape index (κ2) is 5.37. The van der Waals surface area contributed by atoms with Gasteiger partial charge >= 0.3 is 0 Å². The van der Waals surface area contributed by atoms with Crippen LogP contribution in [0, 0.1) is 12.8 Å². The Morgan fingerprint density at radius 3 is 2.56 bits per heavy atom. The lowest BCUT2D eigenvalue weighted by atomic mass is 9.82. The molecule has 2 heterocycles. The summed E-state index contributed by atoms with van der Waals surface area (Å²) < 4.78 is 5.38. The first kappa shape index (κ1) is 11.5. The number of ether oxygens (including phenoxy) is 1. The first-order valence-electron chi connectivity index (χ1n) is 5.87. The van der Waals surface area contributed by atoms with E-state index >= 15 is 0 Å². The summed E-state index contributed by atoms with van der Waals surface area (Å²) >= 11 is 0. The highest BCUT2D eigenvalue weighted by Crippen LogP contribution is 2.30. The molecule has 4 heteroatoms. The third-order valence-electron chi connectivity index (χ3n) is 3.32. The van der Waals surface area contributed by atoms with Crippen molar-refractivity contribution in [3.63, 3.8) is 0 Å². The van der Waals surface area contributed by atoms with Crippen molar-refractivity contribution in [1.82, 2.24) is 9.97 Å². The number of nitrogens with two attached hydrogens (primary N) is 1. The summed E-state index contributed by atoms with van der Waals surface area (Å²) in [5.41, 5.74) is 7.04. The molecule has 4 nitrogen and oxygen atoms in total. The van der Waals surface area contributed by atoms with Crippen LogP contribution in [0.25, 0.3) is 0 Å². The molecule has 2 rings (SSSR count). The highest BCUT2D eigenvalue weighted by Gasteiger charge is 2.24. The number of hydrogen-bond donors (Lipinski definition) is 1. The van der Waals surface area contributed by atoms with Crippen molar-refractivity contribution < 1.29 is 4.74 Å². The first-order valence-corrected chi connectivity index (χ1v) is 5.87. The molecule has 1 aliphatic rings. The van der Waals surface area contributed by atoms with Gasteiger partial charge in [0.1, 0.15) is 5.82 Å². The number of aromatic nitrogens is 2. The van der Waals surface area contributed by atoms with Crippen LogP contribution in [0.5, 0.6) is 0 Å². The van der Waals surface area contributed by atoms with E-state index in [4.69, 9.17) is 10.5 Å². The summed E-state index contributed by atoms with van der Waals surface area (Å²) in [7, 11) is 0. The molecule has 1 aliphatic heterocycles. The zero-order valence-corrected chi connectivity index (χ0v) is 9.72. The topological polar surface area (TPSA) is 61.0 Å². The van der Waals surface area contributed by atoms with E-state index in [9.17, 15) is 0 Å². The molecule has 0 spiro atoms. The van der Waals surface area contributed by atoms with Gasteiger partial charge in [-0.1, -0.05) is 0 Å². The predicted molar refractivity (Wildman–Crippen MR) is 62.1 cm³/mol. The molecule has 0 radical (unpaired) electrons. The highest BCUT2D eigenvalue weighted by atomic mass is 16.5. The van der Waals surface area contributed by atoms with E-state index in [-0.39, 0.29) is 0 Å². The Morgan fingerprint density at radius 2 is 2.00 bits per heavy atom. The smallest absolute Gasteiger partial charge is 0.125 e. The minimum Gasteiger partial charge on any atom is -0.381 e. The lowest BCUT2D eigenvalue weighted by Crippen LogP contribution is -2.27. The van der Waals surface area contributed by atoms with Crippen LogP contribution in [0.4, 0.5) is 0 Å². The minimum atomic E-state index is 0.379. The van der Waals surface area contributed by atoms with Crippen molar-refractivity contribution in [2.75, 3.05) is 19.8 Å². The third-order valence-corrected chi connectivity index (χ3v) is 3.32. The van der Waals surface area contributed by atoms with Gasteiger partial charge in [0.2, 0.25) is 0 Å². The van der Waals surface area contributed by atoms with Crippen molar-refractivity contribution in [2.24, 2.45) is 11.7 Å². The highest BCUT2D eigenvalue weighted by molar-refractivity contribution is 5.13. The van der Waals surface area contributed by atoms with E-state index in [1.807, 2.05) is 19.3 Å². The van der Waals surface area contributed by atoms with Crippen molar-refractivity contribution >= 4 is 0 Å². The van der Waals surface area contributed by atoms with Crippen LogP contribution in [0.1, 0.15) is 30.1 Å². The Balaban J connectivity index is 2.11. The molecular formula is C12H19N3O. The molecule has 1 fully saturated rings. The fourth-order valence-electron chi connectivity index (χ4n) is 2.31. The Hall–Kier alpha value is -1.00. The van der Waals surface area contributed by atoms with Gasteiger partial charge in [0, 0.05) is 31.5 Å². The van der Waals surface area contributed by atoms with Crippen LogP contribution in [-0.2, 0) is 4.74 Å². The fourth-order valence-corrected chi connectivity index (χ4v) is 2.31. The van der Waals surface area contributed by atoms with E-state index in [2.05, 4.69) is 9.97 Å². The molecule has 16 heavy (non-hydrogen) atoms. The molecule has 88 valence electrons. The molecule has 1 aromatic rings. The van der Waals surface area contributed by atoms with E-state index in [0.717, 1.165) is 31.9 Å². The molecule has 1 saturated heterocycles. The van der Waals surface area contributed by atoms with Gasteiger partial charge in [-0.3, -0.25) is 0 Å². The number of nitrogens with zero attached hydrogens (tertiary/aromatic N) is 2. The quantitative estimate of drug-likeness (QED) is 0.834. The lowest BCUT2D eigenvalue weighted by Gasteiger charge is -2.29. The molecule has 0 amide bonds. The summed E-state index contributed by atoms with van der Waals surface area (Å²) in [5.74, 6) is 1.81. The Morgan fingerprint density at radius 1 is 1.38 bits per heavy atom. The number of aryl methyl sites for hydroxylation is 1. The van der Waals surface area contributed by atoms with Crippen LogP contribution in [-0.4, -0.2) is 29.7 Å². The molecular weight excluding hydrogens is 202 g/mol. The van der Waals surface area contributed by atoms with Crippen molar-refractivity contribution in [1.29, 1.82) is 0 Å². The maximum absolute atomic E-state index is 5.88. The SMILES string of the molecule is Cc1ncc([C@@H](CN)C2CCOCC2)cn1. The minimum absolute atomic E-state index is 0.379. The molecule has 0 unspecified atom stereocenters. The van der Waals surface area contributed by atoms with Gasteiger partial charge in [-0.2, -0.15) is 0 Å². The molecule has 0 aliphatic carbocycles. The summed E-state index contributed by atoms with van der Waals surface area (Å²) in [4.78, 5) is 8.49. The molecule has 0 saturated carbocycles. The van der Waals surface area contributed by atoms with Crippen LogP contribution in [0.2, 0.25) is 0 Å². The summed E-state index contributed by atoms with van der Waals surface area (Å²) in [6.07, 6.45) is 6.01. The van der Waals surface area contributed by atoms with E-state index in [0.29, 0.717) is 18.4 Å². The molecule has 0 bridgehead atoms. The van der Waals surface area contributed by atoms with E-state index in [1.54, 1.807) is 0 Å². The van der Waals surface area contributed by atoms with Crippen molar-refractivity contribution in [3.8, 4) is 0 Å². The van der Waals surface area contributed by atoms with Crippen LogP contribution >= 0.6 is 0 Å². The van der Waals surface area contributed by atoms with E-state index in [1.165, 1.54) is 5.56 Å².